The molecule has 0 atom stereocenters. The van der Waals surface area contributed by atoms with Crippen molar-refractivity contribution in [2.75, 3.05) is 38.4 Å². The van der Waals surface area contributed by atoms with Gasteiger partial charge in [-0.05, 0) is 55.8 Å². The van der Waals surface area contributed by atoms with Crippen LogP contribution in [0.25, 0.3) is 0 Å². The SMILES string of the molecule is COCCN(CC1=NN(c2ccc(C(F)(F)F)cc2)C(=O)CO1)Cc1ccc(SC(C)(C)C(O)O)cc1. The van der Waals surface area contributed by atoms with Crippen molar-refractivity contribution in [3.05, 3.63) is 59.7 Å². The van der Waals surface area contributed by atoms with Gasteiger partial charge in [0.1, 0.15) is 0 Å². The van der Waals surface area contributed by atoms with Crippen molar-refractivity contribution in [2.24, 2.45) is 5.10 Å². The normalized spacial score (nSPS) is 14.8. The number of aliphatic hydroxyl groups excluding tert-OH is 1. The first-order chi connectivity index (χ1) is 17.4. The first-order valence-corrected chi connectivity index (χ1v) is 12.3. The number of amides is 1. The maximum atomic E-state index is 12.9. The number of aliphatic hydroxyl groups is 2. The molecule has 0 radical (unpaired) electrons. The van der Waals surface area contributed by atoms with Crippen molar-refractivity contribution in [1.82, 2.24) is 4.90 Å². The maximum absolute atomic E-state index is 12.9. The fraction of sp³-hybridized carbons (Fsp3) is 0.440. The number of hydrogen-bond donors (Lipinski definition) is 2. The number of anilines is 1. The van der Waals surface area contributed by atoms with Gasteiger partial charge in [-0.2, -0.15) is 18.2 Å². The lowest BCUT2D eigenvalue weighted by Crippen LogP contribution is -2.41. The van der Waals surface area contributed by atoms with Crippen molar-refractivity contribution in [3.63, 3.8) is 0 Å². The number of methoxy groups -OCH3 is 1. The van der Waals surface area contributed by atoms with Crippen LogP contribution < -0.4 is 5.01 Å². The molecule has 1 amide bonds. The second-order valence-corrected chi connectivity index (χ2v) is 10.7. The monoisotopic (exact) mass is 541 g/mol. The molecule has 2 aromatic carbocycles. The molecule has 0 unspecified atom stereocenters. The number of ether oxygens (including phenoxy) is 2. The summed E-state index contributed by atoms with van der Waals surface area (Å²) in [5.74, 6) is -0.238. The Balaban J connectivity index is 1.72. The van der Waals surface area contributed by atoms with Gasteiger partial charge in [0, 0.05) is 25.1 Å². The molecule has 2 N–H and O–H groups in total. The van der Waals surface area contributed by atoms with E-state index in [0.29, 0.717) is 19.7 Å². The standard InChI is InChI=1S/C25H30F3N3O5S/c1-24(2,23(33)34)37-20-10-4-17(5-11-20)14-30(12-13-35-3)15-21-29-31(22(32)16-36-21)19-8-6-18(7-9-19)25(26,27)28/h4-11,23,33-34H,12-16H2,1-3H3. The van der Waals surface area contributed by atoms with Crippen molar-refractivity contribution < 1.29 is 37.7 Å². The molecule has 202 valence electrons. The van der Waals surface area contributed by atoms with E-state index in [9.17, 15) is 28.2 Å². The summed E-state index contributed by atoms with van der Waals surface area (Å²) < 4.78 is 48.6. The summed E-state index contributed by atoms with van der Waals surface area (Å²) in [6.45, 7) is 4.93. The van der Waals surface area contributed by atoms with Crippen LogP contribution in [0.4, 0.5) is 18.9 Å². The quantitative estimate of drug-likeness (QED) is 0.331. The molecule has 0 fully saturated rings. The number of halogens is 3. The number of alkyl halides is 3. The molecule has 1 aliphatic rings. The van der Waals surface area contributed by atoms with Crippen LogP contribution >= 0.6 is 11.8 Å². The van der Waals surface area contributed by atoms with Gasteiger partial charge in [-0.3, -0.25) is 9.69 Å². The number of rotatable bonds is 11. The zero-order valence-electron chi connectivity index (χ0n) is 20.7. The van der Waals surface area contributed by atoms with Crippen LogP contribution in [-0.2, 0) is 27.0 Å². The number of carbonyl (C=O) groups is 1. The van der Waals surface area contributed by atoms with Gasteiger partial charge in [-0.25, -0.2) is 0 Å². The fourth-order valence-electron chi connectivity index (χ4n) is 3.38. The highest BCUT2D eigenvalue weighted by atomic mass is 32.2. The summed E-state index contributed by atoms with van der Waals surface area (Å²) in [5, 5.41) is 24.4. The molecule has 0 aliphatic carbocycles. The molecular weight excluding hydrogens is 511 g/mol. The maximum Gasteiger partial charge on any atom is 0.416 e. The van der Waals surface area contributed by atoms with Crippen LogP contribution in [0.15, 0.2) is 58.5 Å². The van der Waals surface area contributed by atoms with E-state index in [1.165, 1.54) is 23.9 Å². The van der Waals surface area contributed by atoms with E-state index in [2.05, 4.69) is 5.10 Å². The minimum atomic E-state index is -4.48. The summed E-state index contributed by atoms with van der Waals surface area (Å²) in [6.07, 6.45) is -5.94. The van der Waals surface area contributed by atoms with Gasteiger partial charge < -0.3 is 19.7 Å². The Morgan fingerprint density at radius 1 is 1.11 bits per heavy atom. The zero-order valence-corrected chi connectivity index (χ0v) is 21.6. The topological polar surface area (TPSA) is 94.8 Å². The summed E-state index contributed by atoms with van der Waals surface area (Å²) in [5.41, 5.74) is 0.383. The molecular formula is C25H30F3N3O5S. The Labute approximate surface area is 217 Å². The van der Waals surface area contributed by atoms with E-state index in [-0.39, 0.29) is 24.7 Å². The molecule has 0 saturated carbocycles. The largest absolute Gasteiger partial charge is 0.469 e. The predicted octanol–water partition coefficient (Wildman–Crippen LogP) is 3.71. The number of benzene rings is 2. The van der Waals surface area contributed by atoms with Crippen molar-refractivity contribution in [3.8, 4) is 0 Å². The third-order valence-corrected chi connectivity index (χ3v) is 6.80. The lowest BCUT2D eigenvalue weighted by Gasteiger charge is -2.28. The summed E-state index contributed by atoms with van der Waals surface area (Å²) in [7, 11) is 1.58. The minimum Gasteiger partial charge on any atom is -0.469 e. The molecule has 0 saturated heterocycles. The van der Waals surface area contributed by atoms with E-state index in [1.54, 1.807) is 21.0 Å². The van der Waals surface area contributed by atoms with E-state index in [4.69, 9.17) is 9.47 Å². The van der Waals surface area contributed by atoms with E-state index >= 15 is 0 Å². The van der Waals surface area contributed by atoms with Gasteiger partial charge in [0.25, 0.3) is 5.91 Å². The second-order valence-electron chi connectivity index (χ2n) is 8.96. The third kappa shape index (κ3) is 8.17. The number of carbonyl (C=O) groups excluding carboxylic acids is 1. The zero-order chi connectivity index (χ0) is 27.2. The average Bonchev–Trinajstić information content (AvgIpc) is 2.84. The lowest BCUT2D eigenvalue weighted by atomic mass is 10.2. The smallest absolute Gasteiger partial charge is 0.416 e. The van der Waals surface area contributed by atoms with Crippen LogP contribution in [-0.4, -0.2) is 71.4 Å². The first kappa shape index (κ1) is 28.9. The van der Waals surface area contributed by atoms with Gasteiger partial charge in [0.15, 0.2) is 12.9 Å². The molecule has 1 aliphatic heterocycles. The van der Waals surface area contributed by atoms with Crippen LogP contribution in [0.5, 0.6) is 0 Å². The number of hydrogen-bond acceptors (Lipinski definition) is 8. The van der Waals surface area contributed by atoms with Crippen molar-refractivity contribution in [2.45, 2.75) is 42.5 Å². The lowest BCUT2D eigenvalue weighted by molar-refractivity contribution is -0.137. The molecule has 0 spiro atoms. The molecule has 8 nitrogen and oxygen atoms in total. The third-order valence-electron chi connectivity index (χ3n) is 5.55. The molecule has 1 heterocycles. The van der Waals surface area contributed by atoms with E-state index in [0.717, 1.165) is 27.6 Å². The molecule has 0 bridgehead atoms. The molecule has 0 aromatic heterocycles. The van der Waals surface area contributed by atoms with Gasteiger partial charge in [0.05, 0.1) is 29.1 Å². The molecule has 37 heavy (non-hydrogen) atoms. The number of thioether (sulfide) groups is 1. The summed E-state index contributed by atoms with van der Waals surface area (Å²) in [4.78, 5) is 15.2. The van der Waals surface area contributed by atoms with Crippen LogP contribution in [0.2, 0.25) is 0 Å². The summed E-state index contributed by atoms with van der Waals surface area (Å²) in [6, 6.07) is 11.9. The number of nitrogens with zero attached hydrogens (tertiary/aromatic N) is 3. The average molecular weight is 542 g/mol. The Bertz CT molecular complexity index is 1080. The van der Waals surface area contributed by atoms with Gasteiger partial charge >= 0.3 is 6.18 Å². The Morgan fingerprint density at radius 2 is 1.76 bits per heavy atom. The number of hydrazone groups is 1. The minimum absolute atomic E-state index is 0.214. The first-order valence-electron chi connectivity index (χ1n) is 11.4. The molecule has 12 heteroatoms. The second kappa shape index (κ2) is 12.3. The van der Waals surface area contributed by atoms with Crippen molar-refractivity contribution >= 4 is 29.3 Å². The highest BCUT2D eigenvalue weighted by molar-refractivity contribution is 8.00. The van der Waals surface area contributed by atoms with Crippen LogP contribution in [0.1, 0.15) is 25.0 Å². The van der Waals surface area contributed by atoms with Gasteiger partial charge in [-0.15, -0.1) is 16.9 Å². The Morgan fingerprint density at radius 3 is 2.32 bits per heavy atom. The van der Waals surface area contributed by atoms with Crippen LogP contribution in [0, 0.1) is 0 Å². The highest BCUT2D eigenvalue weighted by Gasteiger charge is 2.31. The van der Waals surface area contributed by atoms with E-state index < -0.39 is 28.7 Å². The predicted molar refractivity (Wildman–Crippen MR) is 134 cm³/mol. The molecule has 3 rings (SSSR count). The Kier molecular flexibility index (Phi) is 9.59. The van der Waals surface area contributed by atoms with E-state index in [1.807, 2.05) is 29.2 Å². The van der Waals surface area contributed by atoms with Crippen LogP contribution in [0.3, 0.4) is 0 Å². The van der Waals surface area contributed by atoms with Gasteiger partial charge in [-0.1, -0.05) is 12.1 Å². The highest BCUT2D eigenvalue weighted by Crippen LogP contribution is 2.34. The molecule has 2 aromatic rings. The Hall–Kier alpha value is -2.64. The van der Waals surface area contributed by atoms with Crippen molar-refractivity contribution in [1.29, 1.82) is 0 Å². The summed E-state index contributed by atoms with van der Waals surface area (Å²) >= 11 is 1.35. The van der Waals surface area contributed by atoms with Gasteiger partial charge in [0.2, 0.25) is 5.90 Å². The fourth-order valence-corrected chi connectivity index (χ4v) is 4.36.